The molecule has 0 aliphatic rings. The Morgan fingerprint density at radius 1 is 1.20 bits per heavy atom. The second-order valence-corrected chi connectivity index (χ2v) is 5.12. The molecule has 0 saturated carbocycles. The highest BCUT2D eigenvalue weighted by atomic mass is 35.5. The Hall–Kier alpha value is -1.51. The molecule has 1 N–H and O–H groups in total. The summed E-state index contributed by atoms with van der Waals surface area (Å²) >= 11 is 6.23. The first-order valence-electron chi connectivity index (χ1n) is 6.83. The van der Waals surface area contributed by atoms with Gasteiger partial charge < -0.3 is 10.1 Å². The van der Waals surface area contributed by atoms with E-state index in [9.17, 15) is 0 Å². The fourth-order valence-electron chi connectivity index (χ4n) is 2.39. The van der Waals surface area contributed by atoms with Gasteiger partial charge in [-0.25, -0.2) is 0 Å². The van der Waals surface area contributed by atoms with Crippen LogP contribution < -0.4 is 10.1 Å². The van der Waals surface area contributed by atoms with Crippen LogP contribution in [0, 0.1) is 0 Å². The SMILES string of the molecule is CCNC(C)c1ccccc1-c1ccc(OC)c(Cl)c1. The molecule has 0 spiro atoms. The first-order chi connectivity index (χ1) is 9.67. The molecule has 0 aromatic heterocycles. The van der Waals surface area contributed by atoms with Crippen molar-refractivity contribution >= 4 is 11.6 Å². The molecule has 2 aromatic rings. The Kier molecular flexibility index (Phi) is 5.05. The Balaban J connectivity index is 2.44. The second-order valence-electron chi connectivity index (χ2n) is 4.72. The molecule has 3 heteroatoms. The van der Waals surface area contributed by atoms with Gasteiger partial charge in [-0.2, -0.15) is 0 Å². The van der Waals surface area contributed by atoms with E-state index in [0.717, 1.165) is 12.1 Å². The van der Waals surface area contributed by atoms with Crippen LogP contribution >= 0.6 is 11.6 Å². The number of hydrogen-bond acceptors (Lipinski definition) is 2. The third-order valence-electron chi connectivity index (χ3n) is 3.40. The Morgan fingerprint density at radius 2 is 1.95 bits per heavy atom. The van der Waals surface area contributed by atoms with Crippen molar-refractivity contribution in [1.82, 2.24) is 5.32 Å². The molecule has 0 bridgehead atoms. The topological polar surface area (TPSA) is 21.3 Å². The van der Waals surface area contributed by atoms with Crippen molar-refractivity contribution in [3.05, 3.63) is 53.1 Å². The average molecular weight is 290 g/mol. The zero-order chi connectivity index (χ0) is 14.5. The van der Waals surface area contributed by atoms with E-state index in [0.29, 0.717) is 16.8 Å². The van der Waals surface area contributed by atoms with Gasteiger partial charge in [0.25, 0.3) is 0 Å². The molecule has 106 valence electrons. The van der Waals surface area contributed by atoms with Crippen LogP contribution in [-0.2, 0) is 0 Å². The highest BCUT2D eigenvalue weighted by Gasteiger charge is 2.12. The zero-order valence-corrected chi connectivity index (χ0v) is 12.9. The smallest absolute Gasteiger partial charge is 0.137 e. The molecule has 0 amide bonds. The fraction of sp³-hybridized carbons (Fsp3) is 0.294. The minimum atomic E-state index is 0.303. The van der Waals surface area contributed by atoms with Gasteiger partial charge in [-0.15, -0.1) is 0 Å². The Bertz CT molecular complexity index is 583. The summed E-state index contributed by atoms with van der Waals surface area (Å²) in [7, 11) is 1.63. The molecule has 2 rings (SSSR count). The monoisotopic (exact) mass is 289 g/mol. The highest BCUT2D eigenvalue weighted by molar-refractivity contribution is 6.32. The van der Waals surface area contributed by atoms with Crippen LogP contribution in [0.15, 0.2) is 42.5 Å². The summed E-state index contributed by atoms with van der Waals surface area (Å²) in [5.41, 5.74) is 3.58. The second kappa shape index (κ2) is 6.78. The quantitative estimate of drug-likeness (QED) is 0.862. The van der Waals surface area contributed by atoms with Crippen molar-refractivity contribution in [3.8, 4) is 16.9 Å². The molecular formula is C17H20ClNO. The Labute approximate surface area is 125 Å². The number of nitrogens with one attached hydrogen (secondary N) is 1. The van der Waals surface area contributed by atoms with Crippen LogP contribution in [-0.4, -0.2) is 13.7 Å². The number of rotatable bonds is 5. The summed E-state index contributed by atoms with van der Waals surface area (Å²) in [5, 5.41) is 4.09. The van der Waals surface area contributed by atoms with Gasteiger partial charge in [0.05, 0.1) is 12.1 Å². The minimum Gasteiger partial charge on any atom is -0.495 e. The van der Waals surface area contributed by atoms with Gasteiger partial charge in [0.1, 0.15) is 5.75 Å². The lowest BCUT2D eigenvalue weighted by molar-refractivity contribution is 0.415. The summed E-state index contributed by atoms with van der Waals surface area (Å²) in [6.07, 6.45) is 0. The first-order valence-corrected chi connectivity index (χ1v) is 7.21. The lowest BCUT2D eigenvalue weighted by atomic mass is 9.95. The lowest BCUT2D eigenvalue weighted by Gasteiger charge is -2.18. The molecule has 2 aromatic carbocycles. The average Bonchev–Trinajstić information content (AvgIpc) is 2.47. The number of halogens is 1. The Morgan fingerprint density at radius 3 is 2.60 bits per heavy atom. The van der Waals surface area contributed by atoms with Crippen molar-refractivity contribution in [1.29, 1.82) is 0 Å². The molecule has 1 atom stereocenters. The minimum absolute atomic E-state index is 0.303. The maximum Gasteiger partial charge on any atom is 0.137 e. The summed E-state index contributed by atoms with van der Waals surface area (Å²) < 4.78 is 5.21. The number of ether oxygens (including phenoxy) is 1. The molecule has 1 unspecified atom stereocenters. The molecule has 0 fully saturated rings. The van der Waals surface area contributed by atoms with Crippen LogP contribution in [0.25, 0.3) is 11.1 Å². The molecule has 0 heterocycles. The molecule has 20 heavy (non-hydrogen) atoms. The van der Waals surface area contributed by atoms with Crippen molar-refractivity contribution < 1.29 is 4.74 Å². The first kappa shape index (κ1) is 14.9. The van der Waals surface area contributed by atoms with Crippen LogP contribution in [0.1, 0.15) is 25.5 Å². The number of hydrogen-bond donors (Lipinski definition) is 1. The lowest BCUT2D eigenvalue weighted by Crippen LogP contribution is -2.18. The maximum absolute atomic E-state index is 6.23. The van der Waals surface area contributed by atoms with Gasteiger partial charge in [0.15, 0.2) is 0 Å². The van der Waals surface area contributed by atoms with E-state index in [1.54, 1.807) is 7.11 Å². The van der Waals surface area contributed by atoms with Crippen molar-refractivity contribution in [2.75, 3.05) is 13.7 Å². The third-order valence-corrected chi connectivity index (χ3v) is 3.70. The van der Waals surface area contributed by atoms with Crippen LogP contribution in [0.4, 0.5) is 0 Å². The van der Waals surface area contributed by atoms with Gasteiger partial charge in [-0.3, -0.25) is 0 Å². The largest absolute Gasteiger partial charge is 0.495 e. The van der Waals surface area contributed by atoms with Gasteiger partial charge in [0.2, 0.25) is 0 Å². The summed E-state index contributed by atoms with van der Waals surface area (Å²) in [5.74, 6) is 0.702. The van der Waals surface area contributed by atoms with E-state index in [4.69, 9.17) is 16.3 Å². The van der Waals surface area contributed by atoms with E-state index >= 15 is 0 Å². The van der Waals surface area contributed by atoms with Crippen LogP contribution in [0.3, 0.4) is 0 Å². The highest BCUT2D eigenvalue weighted by Crippen LogP contribution is 2.33. The maximum atomic E-state index is 6.23. The predicted octanol–water partition coefficient (Wildman–Crippen LogP) is 4.69. The number of methoxy groups -OCH3 is 1. The standard InChI is InChI=1S/C17H20ClNO/c1-4-19-12(2)14-7-5-6-8-15(14)13-9-10-17(20-3)16(18)11-13/h5-12,19H,4H2,1-3H3. The van der Waals surface area contributed by atoms with E-state index in [-0.39, 0.29) is 0 Å². The molecular weight excluding hydrogens is 270 g/mol. The number of benzene rings is 2. The molecule has 2 nitrogen and oxygen atoms in total. The summed E-state index contributed by atoms with van der Waals surface area (Å²) in [6.45, 7) is 5.23. The van der Waals surface area contributed by atoms with E-state index in [1.807, 2.05) is 18.2 Å². The van der Waals surface area contributed by atoms with Crippen LogP contribution in [0.2, 0.25) is 5.02 Å². The van der Waals surface area contributed by atoms with Gasteiger partial charge >= 0.3 is 0 Å². The van der Waals surface area contributed by atoms with Gasteiger partial charge in [-0.05, 0) is 42.3 Å². The van der Waals surface area contributed by atoms with Crippen molar-refractivity contribution in [3.63, 3.8) is 0 Å². The molecule has 0 radical (unpaired) electrons. The van der Waals surface area contributed by atoms with Crippen LogP contribution in [0.5, 0.6) is 5.75 Å². The van der Waals surface area contributed by atoms with Gasteiger partial charge in [-0.1, -0.05) is 48.9 Å². The van der Waals surface area contributed by atoms with Crippen molar-refractivity contribution in [2.45, 2.75) is 19.9 Å². The molecule has 0 saturated heterocycles. The fourth-order valence-corrected chi connectivity index (χ4v) is 2.65. The van der Waals surface area contributed by atoms with E-state index < -0.39 is 0 Å². The predicted molar refractivity (Wildman–Crippen MR) is 85.5 cm³/mol. The summed E-state index contributed by atoms with van der Waals surface area (Å²) in [6, 6.07) is 14.6. The normalized spacial score (nSPS) is 12.2. The molecule has 0 aliphatic carbocycles. The molecule has 0 aliphatic heterocycles. The zero-order valence-electron chi connectivity index (χ0n) is 12.1. The third kappa shape index (κ3) is 3.14. The van der Waals surface area contributed by atoms with E-state index in [1.165, 1.54) is 11.1 Å². The van der Waals surface area contributed by atoms with Crippen molar-refractivity contribution in [2.24, 2.45) is 0 Å². The van der Waals surface area contributed by atoms with E-state index in [2.05, 4.69) is 43.4 Å². The van der Waals surface area contributed by atoms with Gasteiger partial charge in [0, 0.05) is 6.04 Å². The summed E-state index contributed by atoms with van der Waals surface area (Å²) in [4.78, 5) is 0.